The maximum absolute atomic E-state index is 13.0. The number of hydrogen-bond acceptors (Lipinski definition) is 6. The third-order valence-corrected chi connectivity index (χ3v) is 5.02. The van der Waals surface area contributed by atoms with E-state index in [0.29, 0.717) is 30.1 Å². The Bertz CT molecular complexity index is 985. The average molecular weight is 378 g/mol. The van der Waals surface area contributed by atoms with Crippen molar-refractivity contribution in [1.82, 2.24) is 19.9 Å². The van der Waals surface area contributed by atoms with Gasteiger partial charge in [-0.05, 0) is 37.5 Å². The summed E-state index contributed by atoms with van der Waals surface area (Å²) in [7, 11) is 1.65. The largest absolute Gasteiger partial charge is 0.497 e. The van der Waals surface area contributed by atoms with Crippen molar-refractivity contribution >= 4 is 5.91 Å². The summed E-state index contributed by atoms with van der Waals surface area (Å²) in [6.07, 6.45) is 7.13. The van der Waals surface area contributed by atoms with Crippen molar-refractivity contribution < 1.29 is 13.9 Å². The minimum atomic E-state index is -0.161. The number of aryl methyl sites for hydroxylation is 1. The van der Waals surface area contributed by atoms with Crippen LogP contribution >= 0.6 is 0 Å². The molecule has 0 aliphatic carbocycles. The van der Waals surface area contributed by atoms with Gasteiger partial charge in [-0.1, -0.05) is 12.1 Å². The van der Waals surface area contributed by atoms with Crippen molar-refractivity contribution in [3.8, 4) is 5.75 Å². The van der Waals surface area contributed by atoms with Gasteiger partial charge in [-0.3, -0.25) is 4.79 Å². The van der Waals surface area contributed by atoms with Crippen LogP contribution in [0.2, 0.25) is 0 Å². The highest BCUT2D eigenvalue weighted by Crippen LogP contribution is 2.33. The highest BCUT2D eigenvalue weighted by atomic mass is 16.5. The van der Waals surface area contributed by atoms with Crippen LogP contribution in [0, 0.1) is 6.92 Å². The normalized spacial score (nSPS) is 16.4. The lowest BCUT2D eigenvalue weighted by atomic mass is 10.1. The van der Waals surface area contributed by atoms with Crippen LogP contribution < -0.4 is 4.74 Å². The zero-order valence-electron chi connectivity index (χ0n) is 16.0. The van der Waals surface area contributed by atoms with Gasteiger partial charge in [-0.15, -0.1) is 0 Å². The molecule has 0 bridgehead atoms. The number of amides is 1. The number of rotatable bonds is 5. The topological polar surface area (TPSA) is 81.4 Å². The molecular formula is C21H22N4O3. The first-order chi connectivity index (χ1) is 13.7. The molecular weight excluding hydrogens is 356 g/mol. The van der Waals surface area contributed by atoms with E-state index in [-0.39, 0.29) is 11.9 Å². The minimum absolute atomic E-state index is 0.0758. The number of benzene rings is 1. The smallest absolute Gasteiger partial charge is 0.257 e. The quantitative estimate of drug-likeness (QED) is 0.677. The molecule has 0 unspecified atom stereocenters. The Morgan fingerprint density at radius 3 is 3.04 bits per heavy atom. The third kappa shape index (κ3) is 3.60. The number of methoxy groups -OCH3 is 1. The van der Waals surface area contributed by atoms with E-state index >= 15 is 0 Å². The van der Waals surface area contributed by atoms with Crippen LogP contribution in [0.5, 0.6) is 5.75 Å². The molecule has 4 rings (SSSR count). The van der Waals surface area contributed by atoms with Gasteiger partial charge in [0.1, 0.15) is 23.9 Å². The average Bonchev–Trinajstić information content (AvgIpc) is 3.37. The summed E-state index contributed by atoms with van der Waals surface area (Å²) in [5.41, 5.74) is 2.28. The predicted molar refractivity (Wildman–Crippen MR) is 102 cm³/mol. The van der Waals surface area contributed by atoms with E-state index in [9.17, 15) is 4.79 Å². The molecule has 0 spiro atoms. The Balaban J connectivity index is 1.52. The molecule has 7 nitrogen and oxygen atoms in total. The predicted octanol–water partition coefficient (Wildman–Crippen LogP) is 3.35. The van der Waals surface area contributed by atoms with E-state index in [0.717, 1.165) is 29.9 Å². The van der Waals surface area contributed by atoms with Gasteiger partial charge in [-0.2, -0.15) is 0 Å². The summed E-state index contributed by atoms with van der Waals surface area (Å²) < 4.78 is 11.3. The molecule has 144 valence electrons. The molecule has 1 atom stereocenters. The Morgan fingerprint density at radius 2 is 2.21 bits per heavy atom. The van der Waals surface area contributed by atoms with Crippen LogP contribution in [0.4, 0.5) is 0 Å². The Labute approximate surface area is 163 Å². The second-order valence-electron chi connectivity index (χ2n) is 6.87. The lowest BCUT2D eigenvalue weighted by Gasteiger charge is -2.22. The van der Waals surface area contributed by atoms with Crippen molar-refractivity contribution in [3.05, 3.63) is 71.5 Å². The zero-order chi connectivity index (χ0) is 19.5. The van der Waals surface area contributed by atoms with Gasteiger partial charge in [0.15, 0.2) is 0 Å². The summed E-state index contributed by atoms with van der Waals surface area (Å²) in [5.74, 6) is 2.08. The first kappa shape index (κ1) is 18.2. The van der Waals surface area contributed by atoms with E-state index in [2.05, 4.69) is 15.0 Å². The van der Waals surface area contributed by atoms with Crippen LogP contribution in [0.1, 0.15) is 52.1 Å². The Kier molecular flexibility index (Phi) is 5.06. The summed E-state index contributed by atoms with van der Waals surface area (Å²) in [6.45, 7) is 2.49. The molecule has 1 amide bonds. The Hall–Kier alpha value is -3.22. The van der Waals surface area contributed by atoms with E-state index < -0.39 is 0 Å². The number of ether oxygens (including phenoxy) is 1. The first-order valence-electron chi connectivity index (χ1n) is 9.31. The van der Waals surface area contributed by atoms with E-state index in [1.165, 1.54) is 6.33 Å². The van der Waals surface area contributed by atoms with Crippen LogP contribution in [0.15, 0.2) is 47.4 Å². The molecule has 2 aromatic heterocycles. The van der Waals surface area contributed by atoms with Gasteiger partial charge in [0, 0.05) is 19.2 Å². The molecule has 28 heavy (non-hydrogen) atoms. The fourth-order valence-electron chi connectivity index (χ4n) is 3.56. The monoisotopic (exact) mass is 378 g/mol. The van der Waals surface area contributed by atoms with Crippen LogP contribution in [-0.4, -0.2) is 39.4 Å². The van der Waals surface area contributed by atoms with Gasteiger partial charge >= 0.3 is 0 Å². The molecule has 0 radical (unpaired) electrons. The Morgan fingerprint density at radius 1 is 1.32 bits per heavy atom. The number of carbonyl (C=O) groups is 1. The fourth-order valence-corrected chi connectivity index (χ4v) is 3.56. The van der Waals surface area contributed by atoms with Crippen molar-refractivity contribution in [1.29, 1.82) is 0 Å². The van der Waals surface area contributed by atoms with Crippen molar-refractivity contribution in [2.45, 2.75) is 32.2 Å². The number of likely N-dealkylation sites (tertiary alicyclic amines) is 1. The molecule has 0 N–H and O–H groups in total. The maximum Gasteiger partial charge on any atom is 0.257 e. The van der Waals surface area contributed by atoms with E-state index in [1.54, 1.807) is 19.5 Å². The highest BCUT2D eigenvalue weighted by molar-refractivity contribution is 5.95. The van der Waals surface area contributed by atoms with Gasteiger partial charge in [0.2, 0.25) is 5.89 Å². The van der Waals surface area contributed by atoms with Gasteiger partial charge in [-0.25, -0.2) is 15.0 Å². The number of nitrogens with zero attached hydrogens (tertiary/aromatic N) is 4. The van der Waals surface area contributed by atoms with Gasteiger partial charge < -0.3 is 14.1 Å². The molecule has 3 heterocycles. The van der Waals surface area contributed by atoms with Crippen molar-refractivity contribution in [2.75, 3.05) is 13.7 Å². The summed E-state index contributed by atoms with van der Waals surface area (Å²) in [6, 6.07) is 7.70. The lowest BCUT2D eigenvalue weighted by Crippen LogP contribution is -2.31. The lowest BCUT2D eigenvalue weighted by molar-refractivity contribution is 0.0713. The standard InChI is InChI=1S/C21H22N4O3/c1-14-18(12-22-13-24-14)21(26)25-8-4-7-19(25)20-23-11-17(28-20)10-15-5-3-6-16(9-15)27-2/h3,5-6,9,11-13,19H,4,7-8,10H2,1-2H3/t19-/m1/s1. The minimum Gasteiger partial charge on any atom is -0.497 e. The molecule has 1 aromatic carbocycles. The van der Waals surface area contributed by atoms with Gasteiger partial charge in [0.05, 0.1) is 24.6 Å². The molecule has 1 aliphatic heterocycles. The molecule has 3 aromatic rings. The zero-order valence-corrected chi connectivity index (χ0v) is 16.0. The fraction of sp³-hybridized carbons (Fsp3) is 0.333. The molecule has 1 aliphatic rings. The summed E-state index contributed by atoms with van der Waals surface area (Å²) in [4.78, 5) is 27.4. The number of aromatic nitrogens is 3. The van der Waals surface area contributed by atoms with E-state index in [1.807, 2.05) is 36.1 Å². The van der Waals surface area contributed by atoms with Crippen LogP contribution in [0.3, 0.4) is 0 Å². The second kappa shape index (κ2) is 7.80. The first-order valence-corrected chi connectivity index (χ1v) is 9.31. The number of carbonyl (C=O) groups excluding carboxylic acids is 1. The summed E-state index contributed by atoms with van der Waals surface area (Å²) >= 11 is 0. The maximum atomic E-state index is 13.0. The molecule has 0 saturated carbocycles. The van der Waals surface area contributed by atoms with Gasteiger partial charge in [0.25, 0.3) is 5.91 Å². The van der Waals surface area contributed by atoms with E-state index in [4.69, 9.17) is 9.15 Å². The number of oxazole rings is 1. The SMILES string of the molecule is COc1cccc(Cc2cnc([C@H]3CCCN3C(=O)c3cncnc3C)o2)c1. The number of hydrogen-bond donors (Lipinski definition) is 0. The summed E-state index contributed by atoms with van der Waals surface area (Å²) in [5, 5.41) is 0. The van der Waals surface area contributed by atoms with Crippen molar-refractivity contribution in [3.63, 3.8) is 0 Å². The highest BCUT2D eigenvalue weighted by Gasteiger charge is 2.34. The van der Waals surface area contributed by atoms with Crippen molar-refractivity contribution in [2.24, 2.45) is 0 Å². The molecule has 1 fully saturated rings. The van der Waals surface area contributed by atoms with Crippen LogP contribution in [0.25, 0.3) is 0 Å². The third-order valence-electron chi connectivity index (χ3n) is 5.02. The molecule has 7 heteroatoms. The second-order valence-corrected chi connectivity index (χ2v) is 6.87. The van der Waals surface area contributed by atoms with Crippen LogP contribution in [-0.2, 0) is 6.42 Å². The molecule has 1 saturated heterocycles.